The van der Waals surface area contributed by atoms with E-state index in [2.05, 4.69) is 16.0 Å². The van der Waals surface area contributed by atoms with Gasteiger partial charge < -0.3 is 24.8 Å². The van der Waals surface area contributed by atoms with E-state index in [-0.39, 0.29) is 24.1 Å². The minimum atomic E-state index is -1.16. The molecule has 1 unspecified atom stereocenters. The van der Waals surface area contributed by atoms with Crippen LogP contribution in [0.1, 0.15) is 43.0 Å². The molecule has 1 aliphatic carbocycles. The second-order valence-electron chi connectivity index (χ2n) is 8.08. The Hall–Kier alpha value is -4.08. The van der Waals surface area contributed by atoms with Crippen molar-refractivity contribution < 1.29 is 33.4 Å². The third-order valence-electron chi connectivity index (χ3n) is 5.39. The number of esters is 1. The van der Waals surface area contributed by atoms with Crippen molar-refractivity contribution in [2.75, 3.05) is 19.0 Å². The van der Waals surface area contributed by atoms with Crippen LogP contribution in [0.4, 0.5) is 10.5 Å². The fourth-order valence-electron chi connectivity index (χ4n) is 3.52. The molecule has 0 bridgehead atoms. The SMILES string of the molecule is COc1cccc(NC(=O)COc2ccc(C(=O)OC(C)C(=O)NC(=O)NC3CCCC3)cc2)c1. The third kappa shape index (κ3) is 8.02. The van der Waals surface area contributed by atoms with E-state index in [0.717, 1.165) is 25.7 Å². The molecule has 35 heavy (non-hydrogen) atoms. The van der Waals surface area contributed by atoms with Crippen molar-refractivity contribution in [2.45, 2.75) is 44.8 Å². The van der Waals surface area contributed by atoms with Gasteiger partial charge in [-0.2, -0.15) is 0 Å². The van der Waals surface area contributed by atoms with Crippen LogP contribution in [-0.4, -0.2) is 49.7 Å². The number of benzene rings is 2. The van der Waals surface area contributed by atoms with Gasteiger partial charge in [-0.3, -0.25) is 14.9 Å². The molecule has 0 spiro atoms. The Morgan fingerprint density at radius 2 is 1.71 bits per heavy atom. The lowest BCUT2D eigenvalue weighted by Crippen LogP contribution is -2.47. The van der Waals surface area contributed by atoms with Gasteiger partial charge in [-0.1, -0.05) is 18.9 Å². The number of carbonyl (C=O) groups excluding carboxylic acids is 4. The lowest BCUT2D eigenvalue weighted by molar-refractivity contribution is -0.128. The number of ether oxygens (including phenoxy) is 3. The number of carbonyl (C=O) groups is 4. The van der Waals surface area contributed by atoms with Crippen molar-refractivity contribution >= 4 is 29.5 Å². The molecule has 186 valence electrons. The molecule has 0 saturated heterocycles. The van der Waals surface area contributed by atoms with Gasteiger partial charge in [0.05, 0.1) is 12.7 Å². The minimum Gasteiger partial charge on any atom is -0.497 e. The van der Waals surface area contributed by atoms with Gasteiger partial charge in [0, 0.05) is 17.8 Å². The van der Waals surface area contributed by atoms with Crippen molar-refractivity contribution in [1.82, 2.24) is 10.6 Å². The summed E-state index contributed by atoms with van der Waals surface area (Å²) in [6.45, 7) is 1.15. The number of methoxy groups -OCH3 is 1. The number of imide groups is 1. The van der Waals surface area contributed by atoms with Gasteiger partial charge in [-0.25, -0.2) is 9.59 Å². The van der Waals surface area contributed by atoms with Gasteiger partial charge in [-0.15, -0.1) is 0 Å². The van der Waals surface area contributed by atoms with E-state index in [1.165, 1.54) is 38.3 Å². The first-order chi connectivity index (χ1) is 16.8. The van der Waals surface area contributed by atoms with Crippen molar-refractivity contribution in [3.05, 3.63) is 54.1 Å². The van der Waals surface area contributed by atoms with Gasteiger partial charge in [0.1, 0.15) is 11.5 Å². The highest BCUT2D eigenvalue weighted by Gasteiger charge is 2.23. The Bertz CT molecular complexity index is 1050. The molecular formula is C25H29N3O7. The molecule has 10 heteroatoms. The first kappa shape index (κ1) is 25.5. The van der Waals surface area contributed by atoms with Crippen LogP contribution in [0.2, 0.25) is 0 Å². The Morgan fingerprint density at radius 1 is 1.00 bits per heavy atom. The molecule has 10 nitrogen and oxygen atoms in total. The summed E-state index contributed by atoms with van der Waals surface area (Å²) in [7, 11) is 1.54. The number of anilines is 1. The van der Waals surface area contributed by atoms with Gasteiger partial charge in [0.15, 0.2) is 12.7 Å². The van der Waals surface area contributed by atoms with Gasteiger partial charge in [0.25, 0.3) is 11.8 Å². The summed E-state index contributed by atoms with van der Waals surface area (Å²) >= 11 is 0. The van der Waals surface area contributed by atoms with Crippen LogP contribution in [0.15, 0.2) is 48.5 Å². The van der Waals surface area contributed by atoms with E-state index >= 15 is 0 Å². The molecule has 2 aromatic carbocycles. The van der Waals surface area contributed by atoms with E-state index in [1.807, 2.05) is 0 Å². The molecule has 3 rings (SSSR count). The number of nitrogens with one attached hydrogen (secondary N) is 3. The summed E-state index contributed by atoms with van der Waals surface area (Å²) in [5, 5.41) is 7.63. The highest BCUT2D eigenvalue weighted by molar-refractivity contribution is 5.98. The van der Waals surface area contributed by atoms with Crippen molar-refractivity contribution in [2.24, 2.45) is 0 Å². The van der Waals surface area contributed by atoms with Crippen LogP contribution in [0.5, 0.6) is 11.5 Å². The second kappa shape index (κ2) is 12.4. The van der Waals surface area contributed by atoms with Crippen LogP contribution in [-0.2, 0) is 14.3 Å². The highest BCUT2D eigenvalue weighted by atomic mass is 16.5. The second-order valence-corrected chi connectivity index (χ2v) is 8.08. The monoisotopic (exact) mass is 483 g/mol. The fraction of sp³-hybridized carbons (Fsp3) is 0.360. The molecule has 1 saturated carbocycles. The van der Waals surface area contributed by atoms with E-state index < -0.39 is 24.0 Å². The Morgan fingerprint density at radius 3 is 2.40 bits per heavy atom. The molecule has 2 aromatic rings. The van der Waals surface area contributed by atoms with Gasteiger partial charge in [0.2, 0.25) is 0 Å². The zero-order valence-corrected chi connectivity index (χ0v) is 19.7. The maximum absolute atomic E-state index is 12.3. The lowest BCUT2D eigenvalue weighted by atomic mass is 10.2. The molecule has 0 radical (unpaired) electrons. The maximum atomic E-state index is 12.3. The van der Waals surface area contributed by atoms with Crippen LogP contribution < -0.4 is 25.4 Å². The average molecular weight is 484 g/mol. The standard InChI is InChI=1S/C25H29N3O7/c1-16(23(30)28-25(32)27-18-6-3-4-7-18)35-24(31)17-10-12-20(13-11-17)34-15-22(29)26-19-8-5-9-21(14-19)33-2/h5,8-14,16,18H,3-4,6-7,15H2,1-2H3,(H,26,29)(H2,27,28,30,32). The quantitative estimate of drug-likeness (QED) is 0.467. The molecule has 4 amide bonds. The van der Waals surface area contributed by atoms with E-state index in [0.29, 0.717) is 17.2 Å². The first-order valence-electron chi connectivity index (χ1n) is 11.3. The van der Waals surface area contributed by atoms with Crippen molar-refractivity contribution in [1.29, 1.82) is 0 Å². The Kier molecular flexibility index (Phi) is 9.05. The maximum Gasteiger partial charge on any atom is 0.338 e. The molecule has 1 fully saturated rings. The third-order valence-corrected chi connectivity index (χ3v) is 5.39. The Balaban J connectivity index is 1.42. The number of rotatable bonds is 9. The first-order valence-corrected chi connectivity index (χ1v) is 11.3. The summed E-state index contributed by atoms with van der Waals surface area (Å²) in [6.07, 6.45) is 2.71. The topological polar surface area (TPSA) is 132 Å². The van der Waals surface area contributed by atoms with Crippen LogP contribution >= 0.6 is 0 Å². The fourth-order valence-corrected chi connectivity index (χ4v) is 3.52. The number of amides is 4. The van der Waals surface area contributed by atoms with Gasteiger partial charge >= 0.3 is 12.0 Å². The number of hydrogen-bond donors (Lipinski definition) is 3. The molecule has 1 aliphatic rings. The molecule has 0 aliphatic heterocycles. The molecule has 0 aromatic heterocycles. The summed E-state index contributed by atoms with van der Waals surface area (Å²) < 4.78 is 15.7. The van der Waals surface area contributed by atoms with Crippen LogP contribution in [0.25, 0.3) is 0 Å². The molecule has 1 atom stereocenters. The number of hydrogen-bond acceptors (Lipinski definition) is 7. The van der Waals surface area contributed by atoms with Crippen LogP contribution in [0, 0.1) is 0 Å². The van der Waals surface area contributed by atoms with E-state index in [4.69, 9.17) is 14.2 Å². The molecule has 3 N–H and O–H groups in total. The minimum absolute atomic E-state index is 0.0642. The molecular weight excluding hydrogens is 454 g/mol. The Labute approximate surface area is 203 Å². The van der Waals surface area contributed by atoms with E-state index in [9.17, 15) is 19.2 Å². The van der Waals surface area contributed by atoms with Crippen molar-refractivity contribution in [3.63, 3.8) is 0 Å². The van der Waals surface area contributed by atoms with E-state index in [1.54, 1.807) is 24.3 Å². The normalized spacial score (nSPS) is 13.9. The smallest absolute Gasteiger partial charge is 0.338 e. The summed E-state index contributed by atoms with van der Waals surface area (Å²) in [5.41, 5.74) is 0.762. The summed E-state index contributed by atoms with van der Waals surface area (Å²) in [4.78, 5) is 48.5. The average Bonchev–Trinajstić information content (AvgIpc) is 3.36. The lowest BCUT2D eigenvalue weighted by Gasteiger charge is -2.15. The van der Waals surface area contributed by atoms with Gasteiger partial charge in [-0.05, 0) is 56.2 Å². The molecule has 0 heterocycles. The summed E-state index contributed by atoms with van der Waals surface area (Å²) in [6, 6.07) is 12.3. The summed E-state index contributed by atoms with van der Waals surface area (Å²) in [5.74, 6) is -0.817. The number of urea groups is 1. The predicted octanol–water partition coefficient (Wildman–Crippen LogP) is 3.03. The van der Waals surface area contributed by atoms with Crippen LogP contribution in [0.3, 0.4) is 0 Å². The zero-order chi connectivity index (χ0) is 25.2. The largest absolute Gasteiger partial charge is 0.497 e. The predicted molar refractivity (Wildman–Crippen MR) is 127 cm³/mol. The highest BCUT2D eigenvalue weighted by Crippen LogP contribution is 2.18. The van der Waals surface area contributed by atoms with Crippen molar-refractivity contribution in [3.8, 4) is 11.5 Å². The zero-order valence-electron chi connectivity index (χ0n) is 19.7.